The van der Waals surface area contributed by atoms with E-state index in [2.05, 4.69) is 0 Å². The molecule has 1 fully saturated rings. The van der Waals surface area contributed by atoms with Gasteiger partial charge in [0, 0.05) is 30.1 Å². The second-order valence-corrected chi connectivity index (χ2v) is 8.46. The highest BCUT2D eigenvalue weighted by molar-refractivity contribution is 6.37. The number of hydrogen-bond acceptors (Lipinski definition) is 1. The Balaban J connectivity index is 1.75. The molecule has 1 aliphatic carbocycles. The molecule has 1 aliphatic rings. The van der Waals surface area contributed by atoms with E-state index in [1.54, 1.807) is 25.1 Å². The summed E-state index contributed by atoms with van der Waals surface area (Å²) in [7, 11) is 0. The summed E-state index contributed by atoms with van der Waals surface area (Å²) in [4.78, 5) is 12.8. The largest absolute Gasteiger partial charge is 0.390 e. The summed E-state index contributed by atoms with van der Waals surface area (Å²) in [5.41, 5.74) is -0.209. The SMILES string of the molecule is CC1(F)CCC(CCC(=O)c2cn(CCC(F)(F)F)c3cccc(Cl)c23)CC1. The van der Waals surface area contributed by atoms with Crippen LogP contribution in [0.15, 0.2) is 24.4 Å². The first-order valence-corrected chi connectivity index (χ1v) is 10.00. The Labute approximate surface area is 166 Å². The fourth-order valence-electron chi connectivity index (χ4n) is 3.99. The van der Waals surface area contributed by atoms with Gasteiger partial charge in [-0.25, -0.2) is 4.39 Å². The molecule has 0 radical (unpaired) electrons. The minimum absolute atomic E-state index is 0.127. The van der Waals surface area contributed by atoms with E-state index in [1.807, 2.05) is 0 Å². The first-order valence-electron chi connectivity index (χ1n) is 9.62. The summed E-state index contributed by atoms with van der Waals surface area (Å²) < 4.78 is 53.3. The van der Waals surface area contributed by atoms with Gasteiger partial charge in [-0.1, -0.05) is 17.7 Å². The minimum atomic E-state index is -4.27. The Kier molecular flexibility index (Phi) is 6.08. The predicted molar refractivity (Wildman–Crippen MR) is 103 cm³/mol. The maximum absolute atomic E-state index is 13.9. The lowest BCUT2D eigenvalue weighted by atomic mass is 9.79. The number of carbonyl (C=O) groups is 1. The zero-order valence-electron chi connectivity index (χ0n) is 15.8. The van der Waals surface area contributed by atoms with Gasteiger partial charge in [0.1, 0.15) is 5.67 Å². The fourth-order valence-corrected chi connectivity index (χ4v) is 4.26. The summed E-state index contributed by atoms with van der Waals surface area (Å²) in [6.45, 7) is 1.36. The van der Waals surface area contributed by atoms with Gasteiger partial charge in [0.25, 0.3) is 0 Å². The topological polar surface area (TPSA) is 22.0 Å². The van der Waals surface area contributed by atoms with E-state index in [1.165, 1.54) is 10.8 Å². The van der Waals surface area contributed by atoms with E-state index in [9.17, 15) is 22.4 Å². The molecule has 1 saturated carbocycles. The lowest BCUT2D eigenvalue weighted by Gasteiger charge is -2.30. The Morgan fingerprint density at radius 1 is 1.29 bits per heavy atom. The van der Waals surface area contributed by atoms with Crippen molar-refractivity contribution in [3.8, 4) is 0 Å². The van der Waals surface area contributed by atoms with Gasteiger partial charge in [0.15, 0.2) is 5.78 Å². The number of rotatable bonds is 6. The van der Waals surface area contributed by atoms with Crippen molar-refractivity contribution < 1.29 is 22.4 Å². The molecule has 1 aromatic carbocycles. The lowest BCUT2D eigenvalue weighted by molar-refractivity contribution is -0.136. The number of Topliss-reactive ketones (excluding diaryl/α,β-unsaturated/α-hetero) is 1. The number of nitrogens with zero attached hydrogens (tertiary/aromatic N) is 1. The molecule has 2 aromatic rings. The second kappa shape index (κ2) is 8.05. The molecule has 2 nitrogen and oxygen atoms in total. The number of alkyl halides is 4. The third kappa shape index (κ3) is 5.07. The van der Waals surface area contributed by atoms with Crippen LogP contribution in [0.1, 0.15) is 62.2 Å². The van der Waals surface area contributed by atoms with Crippen LogP contribution in [0.3, 0.4) is 0 Å². The molecule has 3 rings (SSSR count). The molecule has 0 aliphatic heterocycles. The number of halogens is 5. The average Bonchev–Trinajstić information content (AvgIpc) is 2.98. The van der Waals surface area contributed by atoms with Crippen molar-refractivity contribution in [2.45, 2.75) is 70.3 Å². The van der Waals surface area contributed by atoms with Crippen molar-refractivity contribution in [1.29, 1.82) is 0 Å². The van der Waals surface area contributed by atoms with E-state index in [0.29, 0.717) is 46.7 Å². The van der Waals surface area contributed by atoms with E-state index < -0.39 is 18.3 Å². The highest BCUT2D eigenvalue weighted by Crippen LogP contribution is 2.37. The third-order valence-electron chi connectivity index (χ3n) is 5.72. The molecule has 0 bridgehead atoms. The van der Waals surface area contributed by atoms with E-state index >= 15 is 0 Å². The summed E-state index contributed by atoms with van der Waals surface area (Å²) >= 11 is 6.26. The molecular weight excluding hydrogens is 394 g/mol. The molecular formula is C21H24ClF4NO. The Morgan fingerprint density at radius 2 is 1.96 bits per heavy atom. The number of aromatic nitrogens is 1. The number of fused-ring (bicyclic) bond motifs is 1. The van der Waals surface area contributed by atoms with Crippen molar-refractivity contribution >= 4 is 28.3 Å². The molecule has 154 valence electrons. The summed E-state index contributed by atoms with van der Waals surface area (Å²) in [6.07, 6.45) is -0.270. The number of ketones is 1. The van der Waals surface area contributed by atoms with Crippen LogP contribution in [0, 0.1) is 5.92 Å². The summed E-state index contributed by atoms with van der Waals surface area (Å²) in [6, 6.07) is 4.98. The lowest BCUT2D eigenvalue weighted by Crippen LogP contribution is -2.26. The van der Waals surface area contributed by atoms with Gasteiger partial charge in [0.2, 0.25) is 0 Å². The molecule has 7 heteroatoms. The number of hydrogen-bond donors (Lipinski definition) is 0. The van der Waals surface area contributed by atoms with Gasteiger partial charge in [-0.2, -0.15) is 13.2 Å². The van der Waals surface area contributed by atoms with E-state index in [4.69, 9.17) is 11.6 Å². The van der Waals surface area contributed by atoms with Crippen molar-refractivity contribution in [3.63, 3.8) is 0 Å². The van der Waals surface area contributed by atoms with Crippen molar-refractivity contribution in [1.82, 2.24) is 4.57 Å². The molecule has 28 heavy (non-hydrogen) atoms. The standard InChI is InChI=1S/C21H24ClF4NO/c1-20(23)9-7-14(8-10-20)5-6-18(28)15-13-27(12-11-21(24,25)26)17-4-2-3-16(22)19(15)17/h2-4,13-14H,5-12H2,1H3. The van der Waals surface area contributed by atoms with Crippen LogP contribution < -0.4 is 0 Å². The average molecular weight is 418 g/mol. The van der Waals surface area contributed by atoms with Crippen LogP contribution in [0.2, 0.25) is 5.02 Å². The molecule has 0 N–H and O–H groups in total. The van der Waals surface area contributed by atoms with Gasteiger partial charge >= 0.3 is 6.18 Å². The van der Waals surface area contributed by atoms with Gasteiger partial charge < -0.3 is 4.57 Å². The summed E-state index contributed by atoms with van der Waals surface area (Å²) in [5.74, 6) is 0.180. The molecule has 0 unspecified atom stereocenters. The molecule has 0 spiro atoms. The van der Waals surface area contributed by atoms with Crippen molar-refractivity contribution in [3.05, 3.63) is 35.0 Å². The van der Waals surface area contributed by atoms with Gasteiger partial charge in [-0.3, -0.25) is 4.79 Å². The van der Waals surface area contributed by atoms with E-state index in [-0.39, 0.29) is 18.7 Å². The zero-order chi connectivity index (χ0) is 20.5. The smallest absolute Gasteiger partial charge is 0.346 e. The first-order chi connectivity index (χ1) is 13.1. The quantitative estimate of drug-likeness (QED) is 0.362. The maximum atomic E-state index is 13.9. The van der Waals surface area contributed by atoms with Crippen LogP contribution in [-0.2, 0) is 6.54 Å². The Bertz CT molecular complexity index is 846. The van der Waals surface area contributed by atoms with Crippen molar-refractivity contribution in [2.75, 3.05) is 0 Å². The highest BCUT2D eigenvalue weighted by atomic mass is 35.5. The molecule has 0 atom stereocenters. The Morgan fingerprint density at radius 3 is 2.61 bits per heavy atom. The van der Waals surface area contributed by atoms with Gasteiger partial charge in [-0.05, 0) is 57.1 Å². The van der Waals surface area contributed by atoms with Crippen LogP contribution in [0.5, 0.6) is 0 Å². The van der Waals surface area contributed by atoms with Gasteiger partial charge in [0.05, 0.1) is 17.0 Å². The van der Waals surface area contributed by atoms with Crippen molar-refractivity contribution in [2.24, 2.45) is 5.92 Å². The fraction of sp³-hybridized carbons (Fsp3) is 0.571. The predicted octanol–water partition coefficient (Wildman–Crippen LogP) is 7.13. The van der Waals surface area contributed by atoms with Crippen LogP contribution in [-0.4, -0.2) is 22.2 Å². The van der Waals surface area contributed by atoms with Gasteiger partial charge in [-0.15, -0.1) is 0 Å². The maximum Gasteiger partial charge on any atom is 0.390 e. The normalized spacial score (nSPS) is 23.3. The first kappa shape index (κ1) is 21.2. The second-order valence-electron chi connectivity index (χ2n) is 8.05. The number of benzene rings is 1. The molecule has 1 heterocycles. The van der Waals surface area contributed by atoms with E-state index in [0.717, 1.165) is 12.8 Å². The Hall–Kier alpha value is -1.56. The minimum Gasteiger partial charge on any atom is -0.346 e. The number of carbonyl (C=O) groups excluding carboxylic acids is 1. The molecule has 1 aromatic heterocycles. The van der Waals surface area contributed by atoms with Crippen LogP contribution >= 0.6 is 11.6 Å². The number of aryl methyl sites for hydroxylation is 1. The third-order valence-corrected chi connectivity index (χ3v) is 6.03. The monoisotopic (exact) mass is 417 g/mol. The molecule has 0 saturated heterocycles. The van der Waals surface area contributed by atoms with Crippen LogP contribution in [0.4, 0.5) is 17.6 Å². The zero-order valence-corrected chi connectivity index (χ0v) is 16.5. The molecule has 0 amide bonds. The summed E-state index contributed by atoms with van der Waals surface area (Å²) in [5, 5.41) is 0.869. The highest BCUT2D eigenvalue weighted by Gasteiger charge is 2.31. The van der Waals surface area contributed by atoms with Crippen LogP contribution in [0.25, 0.3) is 10.9 Å².